The van der Waals surface area contributed by atoms with Gasteiger partial charge in [-0.25, -0.2) is 0 Å². The average molecular weight is 277 g/mol. The molecule has 0 saturated heterocycles. The molecule has 0 aliphatic carbocycles. The minimum atomic E-state index is -0.00463. The van der Waals surface area contributed by atoms with Crippen LogP contribution in [0.15, 0.2) is 36.7 Å². The second-order valence-electron chi connectivity index (χ2n) is 4.36. The Hall–Kier alpha value is -1.58. The van der Waals surface area contributed by atoms with E-state index in [1.165, 1.54) is 0 Å². The molecule has 0 spiro atoms. The zero-order chi connectivity index (χ0) is 13.8. The van der Waals surface area contributed by atoms with Crippen LogP contribution in [0.25, 0.3) is 0 Å². The van der Waals surface area contributed by atoms with Crippen molar-refractivity contribution in [3.05, 3.63) is 58.4 Å². The van der Waals surface area contributed by atoms with Gasteiger partial charge in [-0.3, -0.25) is 4.98 Å². The largest absolute Gasteiger partial charge is 0.495 e. The van der Waals surface area contributed by atoms with Crippen LogP contribution in [0, 0.1) is 6.92 Å². The molecule has 0 amide bonds. The molecule has 0 saturated carbocycles. The normalized spacial score (nSPS) is 12.2. The lowest BCUT2D eigenvalue weighted by atomic mass is 9.98. The Labute approximate surface area is 118 Å². The van der Waals surface area contributed by atoms with Crippen molar-refractivity contribution in [1.29, 1.82) is 0 Å². The number of nitrogens with one attached hydrogen (secondary N) is 1. The van der Waals surface area contributed by atoms with E-state index in [1.807, 2.05) is 44.4 Å². The smallest absolute Gasteiger partial charge is 0.137 e. The fourth-order valence-electron chi connectivity index (χ4n) is 2.10. The van der Waals surface area contributed by atoms with E-state index in [0.717, 1.165) is 27.5 Å². The van der Waals surface area contributed by atoms with Gasteiger partial charge in [-0.15, -0.1) is 0 Å². The van der Waals surface area contributed by atoms with Crippen molar-refractivity contribution >= 4 is 11.6 Å². The molecule has 0 aliphatic rings. The molecule has 1 N–H and O–H groups in total. The number of halogens is 1. The molecule has 0 radical (unpaired) electrons. The summed E-state index contributed by atoms with van der Waals surface area (Å²) in [5.41, 5.74) is 3.13. The topological polar surface area (TPSA) is 34.2 Å². The Morgan fingerprint density at radius 1 is 1.32 bits per heavy atom. The van der Waals surface area contributed by atoms with Gasteiger partial charge in [0.2, 0.25) is 0 Å². The maximum absolute atomic E-state index is 6.40. The molecular formula is C15H17ClN2O. The Balaban J connectivity index is 2.46. The van der Waals surface area contributed by atoms with Crippen LogP contribution in [-0.2, 0) is 0 Å². The number of ether oxygens (including phenoxy) is 1. The molecule has 1 atom stereocenters. The van der Waals surface area contributed by atoms with E-state index in [0.29, 0.717) is 0 Å². The first-order chi connectivity index (χ1) is 9.17. The van der Waals surface area contributed by atoms with Gasteiger partial charge in [0.25, 0.3) is 0 Å². The molecule has 0 aliphatic heterocycles. The van der Waals surface area contributed by atoms with Gasteiger partial charge < -0.3 is 10.1 Å². The summed E-state index contributed by atoms with van der Waals surface area (Å²) in [6.07, 6.45) is 3.51. The van der Waals surface area contributed by atoms with E-state index in [2.05, 4.69) is 10.3 Å². The molecule has 0 fully saturated rings. The summed E-state index contributed by atoms with van der Waals surface area (Å²) in [5.74, 6) is 0.738. The van der Waals surface area contributed by atoms with Crippen molar-refractivity contribution < 1.29 is 4.74 Å². The molecule has 3 nitrogen and oxygen atoms in total. The molecule has 19 heavy (non-hydrogen) atoms. The lowest BCUT2D eigenvalue weighted by Crippen LogP contribution is -2.18. The zero-order valence-electron chi connectivity index (χ0n) is 11.3. The summed E-state index contributed by atoms with van der Waals surface area (Å²) in [7, 11) is 3.54. The highest BCUT2D eigenvalue weighted by atomic mass is 35.5. The highest BCUT2D eigenvalue weighted by molar-refractivity contribution is 6.32. The van der Waals surface area contributed by atoms with Crippen LogP contribution in [0.1, 0.15) is 22.7 Å². The number of hydrogen-bond acceptors (Lipinski definition) is 3. The molecule has 1 heterocycles. The highest BCUT2D eigenvalue weighted by Gasteiger charge is 2.16. The Morgan fingerprint density at radius 2 is 2.11 bits per heavy atom. The summed E-state index contributed by atoms with van der Waals surface area (Å²) in [6.45, 7) is 2.00. The number of aryl methyl sites for hydroxylation is 1. The maximum atomic E-state index is 6.40. The van der Waals surface area contributed by atoms with Crippen molar-refractivity contribution in [3.8, 4) is 5.75 Å². The minimum Gasteiger partial charge on any atom is -0.495 e. The third-order valence-corrected chi connectivity index (χ3v) is 3.64. The van der Waals surface area contributed by atoms with Crippen molar-refractivity contribution in [1.82, 2.24) is 10.3 Å². The van der Waals surface area contributed by atoms with Gasteiger partial charge >= 0.3 is 0 Å². The first-order valence-corrected chi connectivity index (χ1v) is 6.46. The first kappa shape index (κ1) is 13.8. The van der Waals surface area contributed by atoms with Crippen LogP contribution in [0.2, 0.25) is 5.02 Å². The second-order valence-corrected chi connectivity index (χ2v) is 4.74. The number of aromatic nitrogens is 1. The predicted molar refractivity (Wildman–Crippen MR) is 77.9 cm³/mol. The zero-order valence-corrected chi connectivity index (χ0v) is 12.0. The summed E-state index contributed by atoms with van der Waals surface area (Å²) < 4.78 is 5.22. The van der Waals surface area contributed by atoms with Crippen LogP contribution < -0.4 is 10.1 Å². The molecule has 1 aromatic heterocycles. The SMILES string of the molecule is CNC(c1cncc(OC)c1)c1cccc(C)c1Cl. The van der Waals surface area contributed by atoms with Crippen LogP contribution in [0.3, 0.4) is 0 Å². The van der Waals surface area contributed by atoms with Crippen LogP contribution in [0.5, 0.6) is 5.75 Å². The number of pyridine rings is 1. The van der Waals surface area contributed by atoms with Gasteiger partial charge in [0, 0.05) is 11.2 Å². The Kier molecular flexibility index (Phi) is 4.40. The van der Waals surface area contributed by atoms with E-state index >= 15 is 0 Å². The number of nitrogens with zero attached hydrogens (tertiary/aromatic N) is 1. The number of hydrogen-bond donors (Lipinski definition) is 1. The molecular weight excluding hydrogens is 260 g/mol. The standard InChI is InChI=1S/C15H17ClN2O/c1-10-5-4-6-13(14(10)16)15(17-2)11-7-12(19-3)9-18-8-11/h4-9,15,17H,1-3H3. The molecule has 1 aromatic carbocycles. The Bertz CT molecular complexity index is 572. The van der Waals surface area contributed by atoms with Crippen LogP contribution in [0.4, 0.5) is 0 Å². The molecule has 1 unspecified atom stereocenters. The monoisotopic (exact) mass is 276 g/mol. The summed E-state index contributed by atoms with van der Waals surface area (Å²) in [5, 5.41) is 4.06. The van der Waals surface area contributed by atoms with Crippen LogP contribution in [-0.4, -0.2) is 19.1 Å². The minimum absolute atomic E-state index is 0.00463. The average Bonchev–Trinajstić information content (AvgIpc) is 2.44. The van der Waals surface area contributed by atoms with E-state index in [-0.39, 0.29) is 6.04 Å². The molecule has 0 bridgehead atoms. The van der Waals surface area contributed by atoms with Crippen molar-refractivity contribution in [2.75, 3.05) is 14.2 Å². The summed E-state index contributed by atoms with van der Waals surface area (Å²) >= 11 is 6.40. The fraction of sp³-hybridized carbons (Fsp3) is 0.267. The van der Waals surface area contributed by atoms with Gasteiger partial charge in [-0.2, -0.15) is 0 Å². The maximum Gasteiger partial charge on any atom is 0.137 e. The molecule has 2 rings (SSSR count). The van der Waals surface area contributed by atoms with Gasteiger partial charge in [-0.05, 0) is 36.7 Å². The quantitative estimate of drug-likeness (QED) is 0.930. The molecule has 100 valence electrons. The van der Waals surface area contributed by atoms with E-state index in [4.69, 9.17) is 16.3 Å². The van der Waals surface area contributed by atoms with E-state index in [1.54, 1.807) is 13.3 Å². The third kappa shape index (κ3) is 2.88. The van der Waals surface area contributed by atoms with E-state index in [9.17, 15) is 0 Å². The summed E-state index contributed by atoms with van der Waals surface area (Å²) in [4.78, 5) is 4.19. The highest BCUT2D eigenvalue weighted by Crippen LogP contribution is 2.31. The third-order valence-electron chi connectivity index (χ3n) is 3.12. The van der Waals surface area contributed by atoms with E-state index < -0.39 is 0 Å². The van der Waals surface area contributed by atoms with Gasteiger partial charge in [0.15, 0.2) is 0 Å². The van der Waals surface area contributed by atoms with Gasteiger partial charge in [0.1, 0.15) is 5.75 Å². The molecule has 2 aromatic rings. The second kappa shape index (κ2) is 6.04. The van der Waals surface area contributed by atoms with Crippen molar-refractivity contribution in [2.45, 2.75) is 13.0 Å². The number of benzene rings is 1. The van der Waals surface area contributed by atoms with Gasteiger partial charge in [0.05, 0.1) is 19.3 Å². The first-order valence-electron chi connectivity index (χ1n) is 6.08. The van der Waals surface area contributed by atoms with Crippen molar-refractivity contribution in [3.63, 3.8) is 0 Å². The number of methoxy groups -OCH3 is 1. The fourth-order valence-corrected chi connectivity index (χ4v) is 2.33. The lowest BCUT2D eigenvalue weighted by Gasteiger charge is -2.19. The van der Waals surface area contributed by atoms with Crippen LogP contribution >= 0.6 is 11.6 Å². The predicted octanol–water partition coefficient (Wildman–Crippen LogP) is 3.36. The van der Waals surface area contributed by atoms with Gasteiger partial charge in [-0.1, -0.05) is 29.8 Å². The Morgan fingerprint density at radius 3 is 2.79 bits per heavy atom. The summed E-state index contributed by atoms with van der Waals surface area (Å²) in [6, 6.07) is 8.00. The lowest BCUT2D eigenvalue weighted by molar-refractivity contribution is 0.411. The number of rotatable bonds is 4. The molecule has 4 heteroatoms. The van der Waals surface area contributed by atoms with Crippen molar-refractivity contribution in [2.24, 2.45) is 0 Å².